The summed E-state index contributed by atoms with van der Waals surface area (Å²) in [5, 5.41) is 3.30. The fraction of sp³-hybridized carbons (Fsp3) is 0.778. The van der Waals surface area contributed by atoms with E-state index in [9.17, 15) is 0 Å². The predicted octanol–water partition coefficient (Wildman–Crippen LogP) is 2.20. The highest BCUT2D eigenvalue weighted by Gasteiger charge is 1.98. The van der Waals surface area contributed by atoms with Crippen LogP contribution in [0.2, 0.25) is 0 Å². The molecule has 0 aromatic rings. The molecule has 0 saturated heterocycles. The predicted molar refractivity (Wildman–Crippen MR) is 47.1 cm³/mol. The van der Waals surface area contributed by atoms with Crippen molar-refractivity contribution in [3.05, 3.63) is 12.7 Å². The number of allylic oxidation sites excluding steroid dienone is 1. The molecular formula is C9H19N. The van der Waals surface area contributed by atoms with Crippen molar-refractivity contribution in [2.24, 2.45) is 5.92 Å². The molecule has 10 heavy (non-hydrogen) atoms. The van der Waals surface area contributed by atoms with E-state index >= 15 is 0 Å². The van der Waals surface area contributed by atoms with Crippen molar-refractivity contribution in [1.29, 1.82) is 0 Å². The minimum Gasteiger partial charge on any atom is -0.317 e. The first kappa shape index (κ1) is 9.70. The molecule has 1 heteroatoms. The number of nitrogens with one attached hydrogen (secondary N) is 1. The summed E-state index contributed by atoms with van der Waals surface area (Å²) in [5.41, 5.74) is 0. The number of hydrogen-bond acceptors (Lipinski definition) is 1. The first-order valence-corrected chi connectivity index (χ1v) is 4.18. The smallest absolute Gasteiger partial charge is 0.00434 e. The Labute approximate surface area is 64.5 Å². The van der Waals surface area contributed by atoms with Crippen LogP contribution in [0.1, 0.15) is 26.7 Å². The summed E-state index contributed by atoms with van der Waals surface area (Å²) in [6, 6.07) is 0. The SMILES string of the molecule is C=CC(CC)CCNCC. The third-order valence-electron chi connectivity index (χ3n) is 1.80. The monoisotopic (exact) mass is 141 g/mol. The zero-order chi connectivity index (χ0) is 7.82. The van der Waals surface area contributed by atoms with Crippen molar-refractivity contribution in [3.63, 3.8) is 0 Å². The van der Waals surface area contributed by atoms with Gasteiger partial charge in [0.15, 0.2) is 0 Å². The van der Waals surface area contributed by atoms with Gasteiger partial charge < -0.3 is 5.32 Å². The maximum Gasteiger partial charge on any atom is -0.00434 e. The first-order valence-electron chi connectivity index (χ1n) is 4.18. The van der Waals surface area contributed by atoms with Crippen LogP contribution in [0.5, 0.6) is 0 Å². The summed E-state index contributed by atoms with van der Waals surface area (Å²) in [7, 11) is 0. The third kappa shape index (κ3) is 4.57. The molecule has 0 amide bonds. The van der Waals surface area contributed by atoms with Gasteiger partial charge >= 0.3 is 0 Å². The van der Waals surface area contributed by atoms with Gasteiger partial charge in [-0.25, -0.2) is 0 Å². The molecule has 0 radical (unpaired) electrons. The molecule has 1 unspecified atom stereocenters. The summed E-state index contributed by atoms with van der Waals surface area (Å²) in [4.78, 5) is 0. The van der Waals surface area contributed by atoms with Crippen molar-refractivity contribution in [1.82, 2.24) is 5.32 Å². The molecule has 0 heterocycles. The van der Waals surface area contributed by atoms with Crippen molar-refractivity contribution < 1.29 is 0 Å². The van der Waals surface area contributed by atoms with Crippen LogP contribution in [-0.2, 0) is 0 Å². The molecule has 1 N–H and O–H groups in total. The molecule has 0 saturated carbocycles. The van der Waals surface area contributed by atoms with E-state index in [1.165, 1.54) is 12.8 Å². The van der Waals surface area contributed by atoms with Crippen LogP contribution in [0.25, 0.3) is 0 Å². The molecule has 1 atom stereocenters. The average Bonchev–Trinajstić information content (AvgIpc) is 1.99. The van der Waals surface area contributed by atoms with Crippen molar-refractivity contribution in [3.8, 4) is 0 Å². The lowest BCUT2D eigenvalue weighted by Crippen LogP contribution is -2.16. The molecule has 0 aliphatic rings. The van der Waals surface area contributed by atoms with E-state index in [1.807, 2.05) is 0 Å². The molecule has 60 valence electrons. The standard InChI is InChI=1S/C9H19N/c1-4-9(5-2)7-8-10-6-3/h4,9-10H,1,5-8H2,2-3H3. The summed E-state index contributed by atoms with van der Waals surface area (Å²) in [5.74, 6) is 0.707. The fourth-order valence-electron chi connectivity index (χ4n) is 0.953. The Hall–Kier alpha value is -0.300. The Kier molecular flexibility index (Phi) is 6.61. The van der Waals surface area contributed by atoms with Crippen LogP contribution in [0.15, 0.2) is 12.7 Å². The zero-order valence-corrected chi connectivity index (χ0v) is 7.19. The van der Waals surface area contributed by atoms with E-state index in [0.29, 0.717) is 5.92 Å². The normalized spacial score (nSPS) is 13.0. The van der Waals surface area contributed by atoms with E-state index in [2.05, 4.69) is 31.8 Å². The maximum atomic E-state index is 3.78. The summed E-state index contributed by atoms with van der Waals surface area (Å²) in [6.45, 7) is 10.3. The highest BCUT2D eigenvalue weighted by Crippen LogP contribution is 2.06. The molecule has 1 nitrogen and oxygen atoms in total. The Bertz CT molecular complexity index is 78.8. The van der Waals surface area contributed by atoms with Crippen molar-refractivity contribution in [2.45, 2.75) is 26.7 Å². The molecular weight excluding hydrogens is 122 g/mol. The fourth-order valence-corrected chi connectivity index (χ4v) is 0.953. The lowest BCUT2D eigenvalue weighted by atomic mass is 10.0. The summed E-state index contributed by atoms with van der Waals surface area (Å²) in [6.07, 6.45) is 4.50. The first-order chi connectivity index (χ1) is 4.85. The summed E-state index contributed by atoms with van der Waals surface area (Å²) < 4.78 is 0. The zero-order valence-electron chi connectivity index (χ0n) is 7.19. The molecule has 0 aromatic heterocycles. The number of hydrogen-bond donors (Lipinski definition) is 1. The van der Waals surface area contributed by atoms with E-state index < -0.39 is 0 Å². The van der Waals surface area contributed by atoms with Gasteiger partial charge in [-0.05, 0) is 31.8 Å². The minimum atomic E-state index is 0.707. The minimum absolute atomic E-state index is 0.707. The second-order valence-electron chi connectivity index (χ2n) is 2.55. The molecule has 0 fully saturated rings. The van der Waals surface area contributed by atoms with Gasteiger partial charge in [0, 0.05) is 0 Å². The van der Waals surface area contributed by atoms with E-state index in [1.54, 1.807) is 0 Å². The van der Waals surface area contributed by atoms with Crippen LogP contribution < -0.4 is 5.32 Å². The maximum absolute atomic E-state index is 3.78. The quantitative estimate of drug-likeness (QED) is 0.441. The molecule has 0 aliphatic carbocycles. The van der Waals surface area contributed by atoms with E-state index in [4.69, 9.17) is 0 Å². The second kappa shape index (κ2) is 6.81. The average molecular weight is 141 g/mol. The molecule has 0 aromatic carbocycles. The number of rotatable bonds is 6. The van der Waals surface area contributed by atoms with Crippen LogP contribution in [0, 0.1) is 5.92 Å². The van der Waals surface area contributed by atoms with Gasteiger partial charge in [0.25, 0.3) is 0 Å². The van der Waals surface area contributed by atoms with Crippen LogP contribution >= 0.6 is 0 Å². The van der Waals surface area contributed by atoms with Gasteiger partial charge in [0.05, 0.1) is 0 Å². The summed E-state index contributed by atoms with van der Waals surface area (Å²) >= 11 is 0. The Morgan fingerprint density at radius 2 is 2.20 bits per heavy atom. The molecule has 0 aliphatic heterocycles. The topological polar surface area (TPSA) is 12.0 Å². The lowest BCUT2D eigenvalue weighted by Gasteiger charge is -2.08. The van der Waals surface area contributed by atoms with Gasteiger partial charge in [-0.3, -0.25) is 0 Å². The Morgan fingerprint density at radius 3 is 2.60 bits per heavy atom. The second-order valence-corrected chi connectivity index (χ2v) is 2.55. The van der Waals surface area contributed by atoms with Crippen molar-refractivity contribution >= 4 is 0 Å². The van der Waals surface area contributed by atoms with Gasteiger partial charge in [0.1, 0.15) is 0 Å². The highest BCUT2D eigenvalue weighted by molar-refractivity contribution is 4.77. The Morgan fingerprint density at radius 1 is 1.50 bits per heavy atom. The van der Waals surface area contributed by atoms with E-state index in [-0.39, 0.29) is 0 Å². The van der Waals surface area contributed by atoms with Gasteiger partial charge in [-0.2, -0.15) is 0 Å². The van der Waals surface area contributed by atoms with Crippen LogP contribution in [0.3, 0.4) is 0 Å². The third-order valence-corrected chi connectivity index (χ3v) is 1.80. The molecule has 0 bridgehead atoms. The lowest BCUT2D eigenvalue weighted by molar-refractivity contribution is 0.539. The van der Waals surface area contributed by atoms with Gasteiger partial charge in [-0.15, -0.1) is 6.58 Å². The Balaban J connectivity index is 3.17. The molecule has 0 rings (SSSR count). The largest absolute Gasteiger partial charge is 0.317 e. The van der Waals surface area contributed by atoms with Gasteiger partial charge in [0.2, 0.25) is 0 Å². The van der Waals surface area contributed by atoms with Crippen LogP contribution in [-0.4, -0.2) is 13.1 Å². The van der Waals surface area contributed by atoms with E-state index in [0.717, 1.165) is 13.1 Å². The van der Waals surface area contributed by atoms with Crippen LogP contribution in [0.4, 0.5) is 0 Å². The van der Waals surface area contributed by atoms with Crippen molar-refractivity contribution in [2.75, 3.05) is 13.1 Å². The van der Waals surface area contributed by atoms with Gasteiger partial charge in [-0.1, -0.05) is 19.9 Å². The molecule has 0 spiro atoms. The highest BCUT2D eigenvalue weighted by atomic mass is 14.8.